The molecule has 1 fully saturated rings. The highest BCUT2D eigenvalue weighted by atomic mass is 32.2. The SMILES string of the molecule is O=S1(=O)CCN([C@H](CCO)c2cccc(C(F)(F)F)c2)CC1. The predicted octanol–water partition coefficient (Wildman–Crippen LogP) is 1.86. The summed E-state index contributed by atoms with van der Waals surface area (Å²) in [6, 6.07) is 4.58. The van der Waals surface area contributed by atoms with Gasteiger partial charge < -0.3 is 5.11 Å². The van der Waals surface area contributed by atoms with Crippen molar-refractivity contribution in [2.45, 2.75) is 18.6 Å². The molecule has 1 aromatic rings. The lowest BCUT2D eigenvalue weighted by molar-refractivity contribution is -0.137. The van der Waals surface area contributed by atoms with Gasteiger partial charge in [0.25, 0.3) is 0 Å². The number of sulfone groups is 1. The normalized spacial score (nSPS) is 20.7. The zero-order chi connectivity index (χ0) is 16.4. The number of rotatable bonds is 4. The van der Waals surface area contributed by atoms with Crippen LogP contribution in [0.25, 0.3) is 0 Å². The van der Waals surface area contributed by atoms with E-state index < -0.39 is 27.6 Å². The van der Waals surface area contributed by atoms with Gasteiger partial charge in [-0.3, -0.25) is 4.90 Å². The van der Waals surface area contributed by atoms with E-state index in [4.69, 9.17) is 0 Å². The van der Waals surface area contributed by atoms with Crippen molar-refractivity contribution in [1.82, 2.24) is 4.90 Å². The smallest absolute Gasteiger partial charge is 0.396 e. The molecule has 2 rings (SSSR count). The maximum absolute atomic E-state index is 12.8. The van der Waals surface area contributed by atoms with Crippen LogP contribution in [0.1, 0.15) is 23.6 Å². The van der Waals surface area contributed by atoms with Crippen molar-refractivity contribution < 1.29 is 26.7 Å². The number of nitrogens with zero attached hydrogens (tertiary/aromatic N) is 1. The molecular formula is C14H18F3NO3S. The molecule has 1 aliphatic heterocycles. The summed E-state index contributed by atoms with van der Waals surface area (Å²) in [6.07, 6.45) is -4.16. The van der Waals surface area contributed by atoms with Crippen molar-refractivity contribution in [1.29, 1.82) is 0 Å². The molecule has 0 aliphatic carbocycles. The standard InChI is InChI=1S/C14H18F3NO3S/c15-14(16,17)12-3-1-2-11(10-12)13(4-7-19)18-5-8-22(20,21)9-6-18/h1-3,10,13,19H,4-9H2/t13-/m1/s1. The van der Waals surface area contributed by atoms with E-state index in [1.54, 1.807) is 6.07 Å². The minimum atomic E-state index is -4.43. The minimum absolute atomic E-state index is 0.00606. The largest absolute Gasteiger partial charge is 0.416 e. The molecule has 1 heterocycles. The maximum Gasteiger partial charge on any atom is 0.416 e. The maximum atomic E-state index is 12.8. The second-order valence-corrected chi connectivity index (χ2v) is 7.64. The first-order valence-corrected chi connectivity index (χ1v) is 8.77. The Morgan fingerprint density at radius 3 is 2.41 bits per heavy atom. The summed E-state index contributed by atoms with van der Waals surface area (Å²) in [4.78, 5) is 1.83. The Kier molecular flexibility index (Phi) is 5.14. The summed E-state index contributed by atoms with van der Waals surface area (Å²) >= 11 is 0. The van der Waals surface area contributed by atoms with Gasteiger partial charge in [0.1, 0.15) is 0 Å². The van der Waals surface area contributed by atoms with Crippen LogP contribution in [-0.2, 0) is 16.0 Å². The summed E-state index contributed by atoms with van der Waals surface area (Å²) in [7, 11) is -3.06. The fourth-order valence-corrected chi connectivity index (χ4v) is 3.87. The number of alkyl halides is 3. The van der Waals surface area contributed by atoms with Gasteiger partial charge in [0, 0.05) is 25.7 Å². The molecule has 0 spiro atoms. The molecule has 4 nitrogen and oxygen atoms in total. The number of hydrogen-bond acceptors (Lipinski definition) is 4. The van der Waals surface area contributed by atoms with Crippen molar-refractivity contribution in [2.75, 3.05) is 31.2 Å². The van der Waals surface area contributed by atoms with Gasteiger partial charge in [-0.2, -0.15) is 13.2 Å². The summed E-state index contributed by atoms with van der Waals surface area (Å²) in [6.45, 7) is 0.358. The van der Waals surface area contributed by atoms with Crippen molar-refractivity contribution >= 4 is 9.84 Å². The van der Waals surface area contributed by atoms with Gasteiger partial charge in [0.05, 0.1) is 17.1 Å². The first-order chi connectivity index (χ1) is 10.2. The fraction of sp³-hybridized carbons (Fsp3) is 0.571. The third-order valence-electron chi connectivity index (χ3n) is 3.82. The number of aliphatic hydroxyl groups excluding tert-OH is 1. The Labute approximate surface area is 127 Å². The van der Waals surface area contributed by atoms with Gasteiger partial charge in [0.2, 0.25) is 0 Å². The molecule has 22 heavy (non-hydrogen) atoms. The molecule has 124 valence electrons. The Morgan fingerprint density at radius 2 is 1.86 bits per heavy atom. The van der Waals surface area contributed by atoms with Crippen molar-refractivity contribution in [2.24, 2.45) is 0 Å². The first kappa shape index (κ1) is 17.2. The Bertz CT molecular complexity index is 602. The minimum Gasteiger partial charge on any atom is -0.396 e. The van der Waals surface area contributed by atoms with Gasteiger partial charge in [-0.25, -0.2) is 8.42 Å². The molecule has 1 atom stereocenters. The molecule has 1 aromatic carbocycles. The van der Waals surface area contributed by atoms with Crippen LogP contribution in [0.4, 0.5) is 13.2 Å². The highest BCUT2D eigenvalue weighted by molar-refractivity contribution is 7.91. The van der Waals surface area contributed by atoms with Gasteiger partial charge >= 0.3 is 6.18 Å². The molecule has 0 saturated carbocycles. The average Bonchev–Trinajstić information content (AvgIpc) is 2.44. The van der Waals surface area contributed by atoms with Crippen LogP contribution in [0, 0.1) is 0 Å². The summed E-state index contributed by atoms with van der Waals surface area (Å²) in [5, 5.41) is 9.19. The highest BCUT2D eigenvalue weighted by Crippen LogP contribution is 2.33. The van der Waals surface area contributed by atoms with E-state index in [1.165, 1.54) is 6.07 Å². The van der Waals surface area contributed by atoms with Crippen molar-refractivity contribution in [3.8, 4) is 0 Å². The van der Waals surface area contributed by atoms with E-state index in [1.807, 2.05) is 4.90 Å². The van der Waals surface area contributed by atoms with E-state index >= 15 is 0 Å². The molecule has 1 aliphatic rings. The molecule has 1 N–H and O–H groups in total. The van der Waals surface area contributed by atoms with Gasteiger partial charge in [0.15, 0.2) is 9.84 Å². The molecule has 0 radical (unpaired) electrons. The Balaban J connectivity index is 2.25. The quantitative estimate of drug-likeness (QED) is 0.911. The van der Waals surface area contributed by atoms with Crippen LogP contribution in [-0.4, -0.2) is 49.6 Å². The molecule has 0 bridgehead atoms. The number of aliphatic hydroxyl groups is 1. The van der Waals surface area contributed by atoms with Crippen LogP contribution in [0.3, 0.4) is 0 Å². The van der Waals surface area contributed by atoms with E-state index in [9.17, 15) is 26.7 Å². The Morgan fingerprint density at radius 1 is 1.23 bits per heavy atom. The lowest BCUT2D eigenvalue weighted by Crippen LogP contribution is -2.42. The lowest BCUT2D eigenvalue weighted by atomic mass is 9.99. The summed E-state index contributed by atoms with van der Waals surface area (Å²) < 4.78 is 61.4. The van der Waals surface area contributed by atoms with Crippen LogP contribution in [0.15, 0.2) is 24.3 Å². The number of halogens is 3. The highest BCUT2D eigenvalue weighted by Gasteiger charge is 2.32. The predicted molar refractivity (Wildman–Crippen MR) is 76.1 cm³/mol. The topological polar surface area (TPSA) is 57.6 Å². The van der Waals surface area contributed by atoms with E-state index in [-0.39, 0.29) is 37.6 Å². The van der Waals surface area contributed by atoms with Gasteiger partial charge in [-0.1, -0.05) is 12.1 Å². The van der Waals surface area contributed by atoms with Crippen molar-refractivity contribution in [3.05, 3.63) is 35.4 Å². The number of hydrogen-bond donors (Lipinski definition) is 1. The van der Waals surface area contributed by atoms with Crippen LogP contribution >= 0.6 is 0 Å². The summed E-state index contributed by atoms with van der Waals surface area (Å²) in [5.41, 5.74) is -0.291. The monoisotopic (exact) mass is 337 g/mol. The molecular weight excluding hydrogens is 319 g/mol. The van der Waals surface area contributed by atoms with E-state index in [0.717, 1.165) is 12.1 Å². The van der Waals surface area contributed by atoms with Crippen molar-refractivity contribution in [3.63, 3.8) is 0 Å². The zero-order valence-corrected chi connectivity index (χ0v) is 12.7. The lowest BCUT2D eigenvalue weighted by Gasteiger charge is -2.34. The third-order valence-corrected chi connectivity index (χ3v) is 5.43. The van der Waals surface area contributed by atoms with E-state index in [2.05, 4.69) is 0 Å². The second-order valence-electron chi connectivity index (χ2n) is 5.34. The third kappa shape index (κ3) is 4.21. The molecule has 0 amide bonds. The molecule has 0 unspecified atom stereocenters. The first-order valence-electron chi connectivity index (χ1n) is 6.95. The average molecular weight is 337 g/mol. The number of benzene rings is 1. The van der Waals surface area contributed by atoms with Crippen LogP contribution in [0.5, 0.6) is 0 Å². The van der Waals surface area contributed by atoms with E-state index in [0.29, 0.717) is 5.56 Å². The van der Waals surface area contributed by atoms with Gasteiger partial charge in [-0.05, 0) is 24.1 Å². The second kappa shape index (κ2) is 6.55. The Hall–Kier alpha value is -1.12. The summed E-state index contributed by atoms with van der Waals surface area (Å²) in [5.74, 6) is -0.0121. The molecule has 8 heteroatoms. The van der Waals surface area contributed by atoms with Gasteiger partial charge in [-0.15, -0.1) is 0 Å². The molecule has 0 aromatic heterocycles. The van der Waals surface area contributed by atoms with Crippen LogP contribution in [0.2, 0.25) is 0 Å². The molecule has 1 saturated heterocycles. The fourth-order valence-electron chi connectivity index (χ4n) is 2.64. The van der Waals surface area contributed by atoms with Crippen LogP contribution < -0.4 is 0 Å². The zero-order valence-electron chi connectivity index (χ0n) is 11.9.